The van der Waals surface area contributed by atoms with Crippen LogP contribution in [0.3, 0.4) is 0 Å². The molecule has 2 atom stereocenters. The Morgan fingerprint density at radius 2 is 2.23 bits per heavy atom. The molecule has 2 N–H and O–H groups in total. The number of nitrogens with zero attached hydrogens (tertiary/aromatic N) is 1. The Kier molecular flexibility index (Phi) is 5.46. The Morgan fingerprint density at radius 1 is 1.50 bits per heavy atom. The first kappa shape index (κ1) is 17.2. The van der Waals surface area contributed by atoms with Gasteiger partial charge in [0.05, 0.1) is 11.8 Å². The van der Waals surface area contributed by atoms with Crippen LogP contribution >= 0.6 is 15.9 Å². The fourth-order valence-electron chi connectivity index (χ4n) is 2.70. The van der Waals surface area contributed by atoms with Crippen LogP contribution in [0, 0.1) is 0 Å². The molecule has 0 spiro atoms. The molecule has 0 aliphatic carbocycles. The first-order valence-corrected chi connectivity index (χ1v) is 9.51. The number of carboxylic acid groups (broad SMARTS) is 1. The van der Waals surface area contributed by atoms with Crippen molar-refractivity contribution in [1.29, 1.82) is 0 Å². The molecule has 1 fully saturated rings. The molecular formula is C14H19BrN2O4S. The van der Waals surface area contributed by atoms with Crippen molar-refractivity contribution in [2.75, 3.05) is 12.3 Å². The molecule has 122 valence electrons. The van der Waals surface area contributed by atoms with Gasteiger partial charge in [0.25, 0.3) is 0 Å². The zero-order valence-electron chi connectivity index (χ0n) is 12.2. The van der Waals surface area contributed by atoms with E-state index >= 15 is 0 Å². The Bertz CT molecular complexity index is 650. The average Bonchev–Trinajstić information content (AvgIpc) is 2.81. The number of sulfonamides is 1. The van der Waals surface area contributed by atoms with Gasteiger partial charge in [-0.25, -0.2) is 17.9 Å². The second-order valence-corrected chi connectivity index (χ2v) is 8.25. The van der Waals surface area contributed by atoms with Crippen LogP contribution in [-0.2, 0) is 16.4 Å². The predicted octanol–water partition coefficient (Wildman–Crippen LogP) is 2.05. The van der Waals surface area contributed by atoms with Crippen LogP contribution in [0.1, 0.15) is 18.9 Å². The summed E-state index contributed by atoms with van der Waals surface area (Å²) in [6, 6.07) is 6.82. The Labute approximate surface area is 138 Å². The third kappa shape index (κ3) is 4.21. The molecule has 1 aliphatic rings. The van der Waals surface area contributed by atoms with Crippen molar-refractivity contribution in [2.45, 2.75) is 31.8 Å². The number of rotatable bonds is 5. The van der Waals surface area contributed by atoms with Gasteiger partial charge in [-0.05, 0) is 37.5 Å². The van der Waals surface area contributed by atoms with E-state index < -0.39 is 22.2 Å². The normalized spacial score (nSPS) is 22.0. The van der Waals surface area contributed by atoms with E-state index in [2.05, 4.69) is 20.7 Å². The molecule has 0 saturated carbocycles. The third-order valence-corrected chi connectivity index (χ3v) is 5.75. The van der Waals surface area contributed by atoms with Gasteiger partial charge in [0.15, 0.2) is 0 Å². The minimum atomic E-state index is -3.36. The van der Waals surface area contributed by atoms with Crippen molar-refractivity contribution < 1.29 is 18.3 Å². The molecule has 1 aromatic carbocycles. The molecule has 2 rings (SSSR count). The summed E-state index contributed by atoms with van der Waals surface area (Å²) in [6.45, 7) is 1.90. The summed E-state index contributed by atoms with van der Waals surface area (Å²) in [7, 11) is -3.36. The van der Waals surface area contributed by atoms with Crippen LogP contribution in [-0.4, -0.2) is 48.9 Å². The molecule has 0 aromatic heterocycles. The van der Waals surface area contributed by atoms with Gasteiger partial charge < -0.3 is 10.0 Å². The molecule has 1 aliphatic heterocycles. The fourth-order valence-corrected chi connectivity index (χ4v) is 4.05. The lowest BCUT2D eigenvalue weighted by atomic mass is 10.0. The van der Waals surface area contributed by atoms with Gasteiger partial charge in [-0.15, -0.1) is 0 Å². The molecule has 0 radical (unpaired) electrons. The van der Waals surface area contributed by atoms with Crippen LogP contribution < -0.4 is 4.72 Å². The van der Waals surface area contributed by atoms with Gasteiger partial charge in [0.2, 0.25) is 10.0 Å². The molecule has 1 saturated heterocycles. The van der Waals surface area contributed by atoms with Gasteiger partial charge in [-0.3, -0.25) is 0 Å². The Hall–Kier alpha value is -1.12. The van der Waals surface area contributed by atoms with E-state index in [1.807, 2.05) is 24.3 Å². The first-order chi connectivity index (χ1) is 10.3. The summed E-state index contributed by atoms with van der Waals surface area (Å²) < 4.78 is 27.1. The standard InChI is InChI=1S/C14H19BrN2O4S/c1-2-22(20,21)16-12-6-7-17(14(18)19)13(12)9-10-4-3-5-11(15)8-10/h3-5,8,12-13,16H,2,6-7,9H2,1H3,(H,18,19)/t12-,13-/m0/s1. The molecule has 1 heterocycles. The van der Waals surface area contributed by atoms with Crippen molar-refractivity contribution >= 4 is 32.0 Å². The molecule has 0 bridgehead atoms. The van der Waals surface area contributed by atoms with E-state index in [9.17, 15) is 18.3 Å². The first-order valence-electron chi connectivity index (χ1n) is 7.06. The summed E-state index contributed by atoms with van der Waals surface area (Å²) in [5.41, 5.74) is 0.966. The third-order valence-electron chi connectivity index (χ3n) is 3.84. The second-order valence-electron chi connectivity index (χ2n) is 5.29. The van der Waals surface area contributed by atoms with Crippen LogP contribution in [0.2, 0.25) is 0 Å². The van der Waals surface area contributed by atoms with Crippen molar-refractivity contribution in [3.63, 3.8) is 0 Å². The van der Waals surface area contributed by atoms with E-state index in [0.717, 1.165) is 10.0 Å². The summed E-state index contributed by atoms with van der Waals surface area (Å²) in [6.07, 6.45) is -0.0504. The summed E-state index contributed by atoms with van der Waals surface area (Å²) in [5, 5.41) is 9.33. The number of carbonyl (C=O) groups is 1. The lowest BCUT2D eigenvalue weighted by molar-refractivity contribution is 0.137. The summed E-state index contributed by atoms with van der Waals surface area (Å²) in [5.74, 6) is -0.0137. The van der Waals surface area contributed by atoms with E-state index in [-0.39, 0.29) is 11.8 Å². The predicted molar refractivity (Wildman–Crippen MR) is 87.4 cm³/mol. The van der Waals surface area contributed by atoms with Crippen molar-refractivity contribution in [3.05, 3.63) is 34.3 Å². The monoisotopic (exact) mass is 390 g/mol. The summed E-state index contributed by atoms with van der Waals surface area (Å²) in [4.78, 5) is 12.7. The number of hydrogen-bond donors (Lipinski definition) is 2. The van der Waals surface area contributed by atoms with Crippen LogP contribution in [0.25, 0.3) is 0 Å². The van der Waals surface area contributed by atoms with E-state index in [1.165, 1.54) is 4.90 Å². The number of halogens is 1. The molecule has 1 amide bonds. The molecule has 0 unspecified atom stereocenters. The van der Waals surface area contributed by atoms with Gasteiger partial charge in [0.1, 0.15) is 0 Å². The highest BCUT2D eigenvalue weighted by molar-refractivity contribution is 9.10. The maximum Gasteiger partial charge on any atom is 0.407 e. The molecule has 8 heteroatoms. The molecule has 1 aromatic rings. The number of nitrogens with one attached hydrogen (secondary N) is 1. The number of likely N-dealkylation sites (tertiary alicyclic amines) is 1. The number of benzene rings is 1. The fraction of sp³-hybridized carbons (Fsp3) is 0.500. The van der Waals surface area contributed by atoms with Crippen molar-refractivity contribution in [2.24, 2.45) is 0 Å². The average molecular weight is 391 g/mol. The van der Waals surface area contributed by atoms with Crippen LogP contribution in [0.15, 0.2) is 28.7 Å². The van der Waals surface area contributed by atoms with Crippen LogP contribution in [0.4, 0.5) is 4.79 Å². The highest BCUT2D eigenvalue weighted by atomic mass is 79.9. The minimum absolute atomic E-state index is 0.0137. The molecular weight excluding hydrogens is 372 g/mol. The lowest BCUT2D eigenvalue weighted by Crippen LogP contribution is -2.47. The smallest absolute Gasteiger partial charge is 0.407 e. The number of amides is 1. The van der Waals surface area contributed by atoms with E-state index in [0.29, 0.717) is 19.4 Å². The van der Waals surface area contributed by atoms with Gasteiger partial charge in [0, 0.05) is 17.1 Å². The van der Waals surface area contributed by atoms with E-state index in [4.69, 9.17) is 0 Å². The highest BCUT2D eigenvalue weighted by Gasteiger charge is 2.38. The van der Waals surface area contributed by atoms with Gasteiger partial charge >= 0.3 is 6.09 Å². The zero-order chi connectivity index (χ0) is 16.3. The largest absolute Gasteiger partial charge is 0.465 e. The van der Waals surface area contributed by atoms with Gasteiger partial charge in [-0.2, -0.15) is 0 Å². The van der Waals surface area contributed by atoms with Crippen molar-refractivity contribution in [3.8, 4) is 0 Å². The summed E-state index contributed by atoms with van der Waals surface area (Å²) >= 11 is 3.39. The van der Waals surface area contributed by atoms with Crippen LogP contribution in [0.5, 0.6) is 0 Å². The minimum Gasteiger partial charge on any atom is -0.465 e. The lowest BCUT2D eigenvalue weighted by Gasteiger charge is -2.26. The highest BCUT2D eigenvalue weighted by Crippen LogP contribution is 2.24. The second kappa shape index (κ2) is 6.97. The van der Waals surface area contributed by atoms with Crippen molar-refractivity contribution in [1.82, 2.24) is 9.62 Å². The topological polar surface area (TPSA) is 86.7 Å². The molecule has 22 heavy (non-hydrogen) atoms. The zero-order valence-corrected chi connectivity index (χ0v) is 14.6. The maximum absolute atomic E-state index is 11.8. The quantitative estimate of drug-likeness (QED) is 0.805. The SMILES string of the molecule is CCS(=O)(=O)N[C@H]1CCN(C(=O)O)[C@H]1Cc1cccc(Br)c1. The number of hydrogen-bond acceptors (Lipinski definition) is 3. The maximum atomic E-state index is 11.8. The Balaban J connectivity index is 2.21. The Morgan fingerprint density at radius 3 is 2.82 bits per heavy atom. The molecule has 6 nitrogen and oxygen atoms in total. The van der Waals surface area contributed by atoms with Gasteiger partial charge in [-0.1, -0.05) is 28.1 Å². The van der Waals surface area contributed by atoms with E-state index in [1.54, 1.807) is 6.92 Å².